The molecular formula is C11H18N2O2. The van der Waals surface area contributed by atoms with Gasteiger partial charge in [0.15, 0.2) is 0 Å². The highest BCUT2D eigenvalue weighted by molar-refractivity contribution is 5.87. The van der Waals surface area contributed by atoms with Gasteiger partial charge in [0, 0.05) is 19.5 Å². The highest BCUT2D eigenvalue weighted by Gasteiger charge is 2.43. The van der Waals surface area contributed by atoms with Crippen molar-refractivity contribution in [2.75, 3.05) is 19.6 Å². The molecule has 84 valence electrons. The van der Waals surface area contributed by atoms with Crippen molar-refractivity contribution in [3.63, 3.8) is 0 Å². The van der Waals surface area contributed by atoms with Crippen LogP contribution in [0.1, 0.15) is 32.6 Å². The van der Waals surface area contributed by atoms with E-state index in [1.807, 2.05) is 4.90 Å². The third-order valence-electron chi connectivity index (χ3n) is 3.63. The van der Waals surface area contributed by atoms with Crippen molar-refractivity contribution in [1.82, 2.24) is 10.2 Å². The molecular weight excluding hydrogens is 192 g/mol. The number of amides is 2. The van der Waals surface area contributed by atoms with Crippen LogP contribution in [0.5, 0.6) is 0 Å². The van der Waals surface area contributed by atoms with Crippen molar-refractivity contribution in [3.05, 3.63) is 0 Å². The third kappa shape index (κ3) is 2.30. The zero-order chi connectivity index (χ0) is 10.9. The summed E-state index contributed by atoms with van der Waals surface area (Å²) in [5.41, 5.74) is 0.378. The van der Waals surface area contributed by atoms with E-state index in [0.717, 1.165) is 13.0 Å². The molecule has 0 spiro atoms. The molecule has 0 aromatic heterocycles. The maximum absolute atomic E-state index is 11.7. The number of carbonyl (C=O) groups is 2. The Morgan fingerprint density at radius 1 is 1.40 bits per heavy atom. The van der Waals surface area contributed by atoms with E-state index >= 15 is 0 Å². The lowest BCUT2D eigenvalue weighted by atomic mass is 10.0. The van der Waals surface area contributed by atoms with Gasteiger partial charge in [0.05, 0.1) is 6.54 Å². The van der Waals surface area contributed by atoms with Crippen LogP contribution >= 0.6 is 0 Å². The number of carbonyl (C=O) groups excluding carboxylic acids is 2. The molecule has 2 rings (SSSR count). The van der Waals surface area contributed by atoms with Gasteiger partial charge in [-0.25, -0.2) is 0 Å². The van der Waals surface area contributed by atoms with Gasteiger partial charge in [-0.3, -0.25) is 9.59 Å². The van der Waals surface area contributed by atoms with Crippen LogP contribution in [-0.2, 0) is 9.59 Å². The molecule has 1 N–H and O–H groups in total. The van der Waals surface area contributed by atoms with Gasteiger partial charge in [-0.2, -0.15) is 0 Å². The quantitative estimate of drug-likeness (QED) is 0.738. The van der Waals surface area contributed by atoms with Gasteiger partial charge in [0.2, 0.25) is 11.8 Å². The highest BCUT2D eigenvalue weighted by atomic mass is 16.2. The van der Waals surface area contributed by atoms with Gasteiger partial charge in [-0.15, -0.1) is 0 Å². The predicted molar refractivity (Wildman–Crippen MR) is 56.2 cm³/mol. The smallest absolute Gasteiger partial charge is 0.241 e. The van der Waals surface area contributed by atoms with E-state index in [0.29, 0.717) is 18.4 Å². The number of nitrogens with zero attached hydrogens (tertiary/aromatic N) is 1. The van der Waals surface area contributed by atoms with Gasteiger partial charge < -0.3 is 10.2 Å². The molecule has 4 nitrogen and oxygen atoms in total. The lowest BCUT2D eigenvalue weighted by Crippen LogP contribution is -2.38. The van der Waals surface area contributed by atoms with E-state index < -0.39 is 0 Å². The molecule has 1 saturated heterocycles. The SMILES string of the molecule is CCC1(CN2CCC(=O)NCC2=O)CC1. The maximum Gasteiger partial charge on any atom is 0.241 e. The summed E-state index contributed by atoms with van der Waals surface area (Å²) in [6.45, 7) is 3.79. The minimum atomic E-state index is -0.00723. The predicted octanol–water partition coefficient (Wildman–Crippen LogP) is 0.525. The lowest BCUT2D eigenvalue weighted by Gasteiger charge is -2.25. The molecule has 2 amide bonds. The minimum absolute atomic E-state index is 0.00723. The van der Waals surface area contributed by atoms with Gasteiger partial charge in [0.25, 0.3) is 0 Å². The van der Waals surface area contributed by atoms with Crippen molar-refractivity contribution in [1.29, 1.82) is 0 Å². The molecule has 1 aliphatic heterocycles. The second kappa shape index (κ2) is 3.83. The van der Waals surface area contributed by atoms with E-state index in [9.17, 15) is 9.59 Å². The normalized spacial score (nSPS) is 24.7. The first-order chi connectivity index (χ1) is 7.15. The first-order valence-corrected chi connectivity index (χ1v) is 5.70. The van der Waals surface area contributed by atoms with Crippen molar-refractivity contribution in [3.8, 4) is 0 Å². The molecule has 2 aliphatic rings. The van der Waals surface area contributed by atoms with Crippen LogP contribution in [0.2, 0.25) is 0 Å². The Balaban J connectivity index is 1.95. The highest BCUT2D eigenvalue weighted by Crippen LogP contribution is 2.49. The number of nitrogens with one attached hydrogen (secondary N) is 1. The van der Waals surface area contributed by atoms with Crippen molar-refractivity contribution in [2.45, 2.75) is 32.6 Å². The Hall–Kier alpha value is -1.06. The Bertz CT molecular complexity index is 284. The summed E-state index contributed by atoms with van der Waals surface area (Å²) >= 11 is 0. The molecule has 4 heteroatoms. The Morgan fingerprint density at radius 3 is 2.73 bits per heavy atom. The second-order valence-electron chi connectivity index (χ2n) is 4.70. The van der Waals surface area contributed by atoms with Crippen LogP contribution in [0.25, 0.3) is 0 Å². The largest absolute Gasteiger partial charge is 0.347 e. The van der Waals surface area contributed by atoms with Gasteiger partial charge in [-0.05, 0) is 24.7 Å². The van der Waals surface area contributed by atoms with Gasteiger partial charge >= 0.3 is 0 Å². The fraction of sp³-hybridized carbons (Fsp3) is 0.818. The molecule has 2 fully saturated rings. The van der Waals surface area contributed by atoms with Crippen LogP contribution < -0.4 is 5.32 Å². The third-order valence-corrected chi connectivity index (χ3v) is 3.63. The molecule has 0 atom stereocenters. The summed E-state index contributed by atoms with van der Waals surface area (Å²) in [7, 11) is 0. The first kappa shape index (κ1) is 10.5. The molecule has 0 aromatic carbocycles. The molecule has 1 aliphatic carbocycles. The van der Waals surface area contributed by atoms with E-state index in [1.165, 1.54) is 12.8 Å². The summed E-state index contributed by atoms with van der Waals surface area (Å²) in [5.74, 6) is 0.0628. The second-order valence-corrected chi connectivity index (χ2v) is 4.70. The minimum Gasteiger partial charge on any atom is -0.347 e. The zero-order valence-corrected chi connectivity index (χ0v) is 9.21. The fourth-order valence-electron chi connectivity index (χ4n) is 2.11. The molecule has 0 radical (unpaired) electrons. The summed E-state index contributed by atoms with van der Waals surface area (Å²) in [6.07, 6.45) is 4.05. The standard InChI is InChI=1S/C11H18N2O2/c1-2-11(4-5-11)8-13-6-3-9(14)12-7-10(13)15/h2-8H2,1H3,(H,12,14). The van der Waals surface area contributed by atoms with Gasteiger partial charge in [0.1, 0.15) is 0 Å². The summed E-state index contributed by atoms with van der Waals surface area (Å²) in [4.78, 5) is 24.7. The van der Waals surface area contributed by atoms with E-state index in [4.69, 9.17) is 0 Å². The molecule has 0 unspecified atom stereocenters. The van der Waals surface area contributed by atoms with E-state index in [2.05, 4.69) is 12.2 Å². The molecule has 1 saturated carbocycles. The lowest BCUT2D eigenvalue weighted by molar-refractivity contribution is -0.130. The monoisotopic (exact) mass is 210 g/mol. The van der Waals surface area contributed by atoms with Crippen molar-refractivity contribution in [2.24, 2.45) is 5.41 Å². The van der Waals surface area contributed by atoms with Crippen LogP contribution in [0, 0.1) is 5.41 Å². The Labute approximate surface area is 90.0 Å². The molecule has 1 heterocycles. The number of rotatable bonds is 3. The van der Waals surface area contributed by atoms with Crippen LogP contribution in [-0.4, -0.2) is 36.3 Å². The van der Waals surface area contributed by atoms with Crippen LogP contribution in [0.3, 0.4) is 0 Å². The summed E-state index contributed by atoms with van der Waals surface area (Å²) in [6, 6.07) is 0. The summed E-state index contributed by atoms with van der Waals surface area (Å²) in [5, 5.41) is 2.62. The summed E-state index contributed by atoms with van der Waals surface area (Å²) < 4.78 is 0. The number of hydrogen-bond acceptors (Lipinski definition) is 2. The Kier molecular flexibility index (Phi) is 2.67. The molecule has 15 heavy (non-hydrogen) atoms. The first-order valence-electron chi connectivity index (χ1n) is 5.70. The fourth-order valence-corrected chi connectivity index (χ4v) is 2.11. The average molecular weight is 210 g/mol. The van der Waals surface area contributed by atoms with Crippen molar-refractivity contribution >= 4 is 11.8 Å². The van der Waals surface area contributed by atoms with Crippen LogP contribution in [0.15, 0.2) is 0 Å². The van der Waals surface area contributed by atoms with Crippen molar-refractivity contribution < 1.29 is 9.59 Å². The average Bonchev–Trinajstić information content (AvgIpc) is 3.01. The van der Waals surface area contributed by atoms with Crippen LogP contribution in [0.4, 0.5) is 0 Å². The van der Waals surface area contributed by atoms with E-state index in [-0.39, 0.29) is 18.4 Å². The maximum atomic E-state index is 11.7. The Morgan fingerprint density at radius 2 is 2.13 bits per heavy atom. The zero-order valence-electron chi connectivity index (χ0n) is 9.21. The molecule has 0 bridgehead atoms. The number of hydrogen-bond donors (Lipinski definition) is 1. The topological polar surface area (TPSA) is 49.4 Å². The molecule has 0 aromatic rings. The van der Waals surface area contributed by atoms with E-state index in [1.54, 1.807) is 0 Å². The van der Waals surface area contributed by atoms with Gasteiger partial charge in [-0.1, -0.05) is 6.92 Å².